The molecule has 0 aliphatic rings. The Morgan fingerprint density at radius 1 is 1.29 bits per heavy atom. The lowest BCUT2D eigenvalue weighted by Crippen LogP contribution is -1.95. The van der Waals surface area contributed by atoms with Crippen molar-refractivity contribution in [3.8, 4) is 23.4 Å². The maximum Gasteiger partial charge on any atom is 0.234 e. The van der Waals surface area contributed by atoms with Crippen molar-refractivity contribution >= 4 is 22.6 Å². The average molecular weight is 302 g/mol. The highest BCUT2D eigenvalue weighted by atomic mass is 35.5. The summed E-state index contributed by atoms with van der Waals surface area (Å²) in [6, 6.07) is 6.85. The van der Waals surface area contributed by atoms with Gasteiger partial charge in [0.2, 0.25) is 11.2 Å². The lowest BCUT2D eigenvalue weighted by atomic mass is 10.2. The number of ether oxygens (including phenoxy) is 2. The van der Waals surface area contributed by atoms with Gasteiger partial charge in [0.25, 0.3) is 0 Å². The molecule has 104 valence electrons. The summed E-state index contributed by atoms with van der Waals surface area (Å²) in [6.07, 6.45) is 1.54. The van der Waals surface area contributed by atoms with Crippen molar-refractivity contribution in [2.24, 2.45) is 0 Å². The van der Waals surface area contributed by atoms with Gasteiger partial charge in [0.1, 0.15) is 5.39 Å². The van der Waals surface area contributed by atoms with Crippen LogP contribution in [0.5, 0.6) is 17.4 Å². The molecule has 0 saturated heterocycles. The predicted octanol–water partition coefficient (Wildman–Crippen LogP) is 2.68. The summed E-state index contributed by atoms with van der Waals surface area (Å²) >= 11 is 5.84. The SMILES string of the molecule is COc1cc(C#N)ccc1Oc1nc(Cl)nc2[nH]ncc12. The first-order chi connectivity index (χ1) is 10.2. The predicted molar refractivity (Wildman–Crippen MR) is 74.5 cm³/mol. The molecule has 0 fully saturated rings. The molecule has 0 bridgehead atoms. The van der Waals surface area contributed by atoms with E-state index >= 15 is 0 Å². The number of halogens is 1. The molecule has 0 saturated carbocycles. The first kappa shape index (κ1) is 13.1. The fourth-order valence-corrected chi connectivity index (χ4v) is 1.95. The minimum Gasteiger partial charge on any atom is -0.493 e. The normalized spacial score (nSPS) is 10.3. The fourth-order valence-electron chi connectivity index (χ4n) is 1.79. The van der Waals surface area contributed by atoms with Crippen LogP contribution in [0.25, 0.3) is 11.0 Å². The van der Waals surface area contributed by atoms with Gasteiger partial charge in [-0.3, -0.25) is 5.10 Å². The Morgan fingerprint density at radius 3 is 2.90 bits per heavy atom. The molecule has 0 unspecified atom stereocenters. The number of nitriles is 1. The van der Waals surface area contributed by atoms with Crippen molar-refractivity contribution in [3.05, 3.63) is 35.2 Å². The van der Waals surface area contributed by atoms with Crippen molar-refractivity contribution in [2.75, 3.05) is 7.11 Å². The van der Waals surface area contributed by atoms with Crippen LogP contribution in [-0.4, -0.2) is 27.3 Å². The first-order valence-corrected chi connectivity index (χ1v) is 6.21. The lowest BCUT2D eigenvalue weighted by molar-refractivity contribution is 0.375. The molecule has 3 rings (SSSR count). The van der Waals surface area contributed by atoms with Crippen LogP contribution in [0.15, 0.2) is 24.4 Å². The third kappa shape index (κ3) is 2.44. The average Bonchev–Trinajstić information content (AvgIpc) is 2.96. The summed E-state index contributed by atoms with van der Waals surface area (Å²) in [4.78, 5) is 8.03. The van der Waals surface area contributed by atoms with Crippen molar-refractivity contribution in [1.29, 1.82) is 5.26 Å². The van der Waals surface area contributed by atoms with Crippen LogP contribution in [0, 0.1) is 11.3 Å². The highest BCUT2D eigenvalue weighted by molar-refractivity contribution is 6.28. The van der Waals surface area contributed by atoms with Gasteiger partial charge >= 0.3 is 0 Å². The van der Waals surface area contributed by atoms with Crippen LogP contribution >= 0.6 is 11.6 Å². The number of methoxy groups -OCH3 is 1. The van der Waals surface area contributed by atoms with E-state index in [4.69, 9.17) is 26.3 Å². The first-order valence-electron chi connectivity index (χ1n) is 5.84. The molecule has 0 aliphatic carbocycles. The van der Waals surface area contributed by atoms with E-state index in [-0.39, 0.29) is 11.2 Å². The third-order valence-corrected chi connectivity index (χ3v) is 2.92. The molecule has 2 aromatic heterocycles. The number of aromatic nitrogens is 4. The Morgan fingerprint density at radius 2 is 2.14 bits per heavy atom. The topological polar surface area (TPSA) is 96.7 Å². The summed E-state index contributed by atoms with van der Waals surface area (Å²) in [6.45, 7) is 0. The molecule has 0 radical (unpaired) electrons. The summed E-state index contributed by atoms with van der Waals surface area (Å²) in [5.41, 5.74) is 0.936. The van der Waals surface area contributed by atoms with Crippen molar-refractivity contribution in [1.82, 2.24) is 20.2 Å². The van der Waals surface area contributed by atoms with Gasteiger partial charge in [-0.1, -0.05) is 0 Å². The van der Waals surface area contributed by atoms with Crippen LogP contribution in [0.3, 0.4) is 0 Å². The van der Waals surface area contributed by atoms with Gasteiger partial charge < -0.3 is 9.47 Å². The number of nitrogens with one attached hydrogen (secondary N) is 1. The number of benzene rings is 1. The molecular formula is C13H8ClN5O2. The molecule has 1 N–H and O–H groups in total. The quantitative estimate of drug-likeness (QED) is 0.747. The molecule has 2 heterocycles. The third-order valence-electron chi connectivity index (χ3n) is 2.75. The zero-order valence-corrected chi connectivity index (χ0v) is 11.5. The minimum absolute atomic E-state index is 0.0364. The number of hydrogen-bond acceptors (Lipinski definition) is 6. The van der Waals surface area contributed by atoms with E-state index in [0.29, 0.717) is 28.1 Å². The summed E-state index contributed by atoms with van der Waals surface area (Å²) < 4.78 is 10.9. The number of rotatable bonds is 3. The monoisotopic (exact) mass is 301 g/mol. The molecule has 0 amide bonds. The van der Waals surface area contributed by atoms with E-state index in [1.54, 1.807) is 18.2 Å². The zero-order chi connectivity index (χ0) is 14.8. The molecule has 7 nitrogen and oxygen atoms in total. The molecule has 21 heavy (non-hydrogen) atoms. The smallest absolute Gasteiger partial charge is 0.234 e. The maximum atomic E-state index is 8.89. The van der Waals surface area contributed by atoms with Crippen LogP contribution in [0.2, 0.25) is 5.28 Å². The van der Waals surface area contributed by atoms with Crippen molar-refractivity contribution in [3.63, 3.8) is 0 Å². The van der Waals surface area contributed by atoms with E-state index in [2.05, 4.69) is 20.2 Å². The van der Waals surface area contributed by atoms with Gasteiger partial charge in [-0.2, -0.15) is 20.3 Å². The van der Waals surface area contributed by atoms with Crippen molar-refractivity contribution < 1.29 is 9.47 Å². The standard InChI is InChI=1S/C13H8ClN5O2/c1-20-10-4-7(5-15)2-3-9(10)21-12-8-6-16-19-11(8)17-13(14)18-12/h2-4,6H,1H3,(H,16,17,18,19). The lowest BCUT2D eigenvalue weighted by Gasteiger charge is -2.10. The van der Waals surface area contributed by atoms with Gasteiger partial charge in [-0.15, -0.1) is 0 Å². The number of nitrogens with zero attached hydrogens (tertiary/aromatic N) is 4. The van der Waals surface area contributed by atoms with Gasteiger partial charge in [-0.05, 0) is 23.7 Å². The largest absolute Gasteiger partial charge is 0.493 e. The Kier molecular flexibility index (Phi) is 3.30. The van der Waals surface area contributed by atoms with E-state index in [9.17, 15) is 0 Å². The van der Waals surface area contributed by atoms with Crippen LogP contribution in [0.1, 0.15) is 5.56 Å². The maximum absolute atomic E-state index is 8.89. The van der Waals surface area contributed by atoms with E-state index in [0.717, 1.165) is 0 Å². The van der Waals surface area contributed by atoms with Gasteiger partial charge in [0, 0.05) is 6.07 Å². The molecule has 0 spiro atoms. The number of fused-ring (bicyclic) bond motifs is 1. The summed E-state index contributed by atoms with van der Waals surface area (Å²) in [5, 5.41) is 16.1. The Balaban J connectivity index is 2.06. The van der Waals surface area contributed by atoms with Crippen molar-refractivity contribution in [2.45, 2.75) is 0 Å². The molecule has 1 aromatic carbocycles. The number of hydrogen-bond donors (Lipinski definition) is 1. The highest BCUT2D eigenvalue weighted by Crippen LogP contribution is 2.34. The second-order valence-electron chi connectivity index (χ2n) is 4.01. The minimum atomic E-state index is 0.0364. The Labute approximate surface area is 124 Å². The van der Waals surface area contributed by atoms with Crippen LogP contribution in [0.4, 0.5) is 0 Å². The zero-order valence-electron chi connectivity index (χ0n) is 10.8. The number of aromatic amines is 1. The fraction of sp³-hybridized carbons (Fsp3) is 0.0769. The summed E-state index contributed by atoms with van der Waals surface area (Å²) in [7, 11) is 1.49. The van der Waals surface area contributed by atoms with Gasteiger partial charge in [-0.25, -0.2) is 0 Å². The Bertz CT molecular complexity index is 855. The van der Waals surface area contributed by atoms with E-state index in [1.165, 1.54) is 13.3 Å². The molecule has 3 aromatic rings. The number of H-pyrrole nitrogens is 1. The van der Waals surface area contributed by atoms with Crippen LogP contribution < -0.4 is 9.47 Å². The van der Waals surface area contributed by atoms with Gasteiger partial charge in [0.05, 0.1) is 24.9 Å². The molecule has 8 heteroatoms. The van der Waals surface area contributed by atoms with Crippen LogP contribution in [-0.2, 0) is 0 Å². The Hall–Kier alpha value is -2.85. The van der Waals surface area contributed by atoms with E-state index < -0.39 is 0 Å². The summed E-state index contributed by atoms with van der Waals surface area (Å²) in [5.74, 6) is 1.08. The molecule has 0 atom stereocenters. The second-order valence-corrected chi connectivity index (χ2v) is 4.35. The van der Waals surface area contributed by atoms with Gasteiger partial charge in [0.15, 0.2) is 17.1 Å². The molecular weight excluding hydrogens is 294 g/mol. The molecule has 0 aliphatic heterocycles. The van der Waals surface area contributed by atoms with E-state index in [1.807, 2.05) is 6.07 Å². The second kappa shape index (κ2) is 5.26. The highest BCUT2D eigenvalue weighted by Gasteiger charge is 2.13.